The van der Waals surface area contributed by atoms with Crippen molar-refractivity contribution in [1.82, 2.24) is 14.3 Å². The first-order chi connectivity index (χ1) is 16.1. The number of hydrogen-bond donors (Lipinski definition) is 1. The van der Waals surface area contributed by atoms with Crippen LogP contribution in [0.1, 0.15) is 12.5 Å². The molecule has 1 aliphatic heterocycles. The van der Waals surface area contributed by atoms with Gasteiger partial charge in [0.1, 0.15) is 5.54 Å². The van der Waals surface area contributed by atoms with Gasteiger partial charge in [0.05, 0.1) is 18.5 Å². The smallest absolute Gasteiger partial charge is 0.260 e. The van der Waals surface area contributed by atoms with Crippen LogP contribution in [0.2, 0.25) is 10.0 Å². The van der Waals surface area contributed by atoms with Crippen molar-refractivity contribution in [1.29, 1.82) is 0 Å². The molecule has 0 bridgehead atoms. The summed E-state index contributed by atoms with van der Waals surface area (Å²) in [6.07, 6.45) is 1.48. The highest BCUT2D eigenvalue weighted by Gasteiger charge is 2.51. The van der Waals surface area contributed by atoms with Gasteiger partial charge in [-0.15, -0.1) is 0 Å². The molecule has 1 aliphatic rings. The van der Waals surface area contributed by atoms with E-state index in [4.69, 9.17) is 27.9 Å². The van der Waals surface area contributed by atoms with Crippen LogP contribution in [-0.4, -0.2) is 44.1 Å². The Morgan fingerprint density at radius 2 is 1.79 bits per heavy atom. The third-order valence-electron chi connectivity index (χ3n) is 5.51. The summed E-state index contributed by atoms with van der Waals surface area (Å²) in [6, 6.07) is 12.2. The Labute approximate surface area is 216 Å². The largest absolute Gasteiger partial charge is 0.383 e. The Morgan fingerprint density at radius 1 is 1.15 bits per heavy atom. The number of hydrogen-bond acceptors (Lipinski definition) is 5. The number of carbonyl (C=O) groups excluding carboxylic acids is 1. The van der Waals surface area contributed by atoms with Gasteiger partial charge in [-0.25, -0.2) is 23.0 Å². The van der Waals surface area contributed by atoms with E-state index in [1.807, 2.05) is 24.3 Å². The third kappa shape index (κ3) is 4.62. The van der Waals surface area contributed by atoms with Crippen molar-refractivity contribution in [2.45, 2.75) is 23.9 Å². The topological polar surface area (TPSA) is 93.5 Å². The molecule has 180 valence electrons. The van der Waals surface area contributed by atoms with Gasteiger partial charge in [0.25, 0.3) is 15.9 Å². The lowest BCUT2D eigenvalue weighted by Gasteiger charge is -2.26. The van der Waals surface area contributed by atoms with Crippen LogP contribution in [0.5, 0.6) is 0 Å². The van der Waals surface area contributed by atoms with Gasteiger partial charge >= 0.3 is 0 Å². The van der Waals surface area contributed by atoms with Crippen LogP contribution >= 0.6 is 39.1 Å². The molecule has 0 aliphatic carbocycles. The number of carbonyl (C=O) groups is 1. The number of imidazole rings is 1. The number of halogens is 3. The fourth-order valence-corrected chi connectivity index (χ4v) is 5.97. The zero-order valence-corrected chi connectivity index (χ0v) is 22.2. The van der Waals surface area contributed by atoms with E-state index in [-0.39, 0.29) is 36.5 Å². The van der Waals surface area contributed by atoms with Crippen molar-refractivity contribution in [2.75, 3.05) is 25.2 Å². The predicted octanol–water partition coefficient (Wildman–Crippen LogP) is 4.51. The minimum atomic E-state index is -4.00. The fourth-order valence-electron chi connectivity index (χ4n) is 3.97. The average Bonchev–Trinajstić information content (AvgIpc) is 3.28. The van der Waals surface area contributed by atoms with E-state index in [2.05, 4.69) is 25.6 Å². The number of sulfonamides is 1. The summed E-state index contributed by atoms with van der Waals surface area (Å²) in [5, 5.41) is 0.551. The molecule has 3 aromatic rings. The summed E-state index contributed by atoms with van der Waals surface area (Å²) in [4.78, 5) is 19.6. The Bertz CT molecular complexity index is 1330. The molecule has 2 heterocycles. The van der Waals surface area contributed by atoms with Crippen molar-refractivity contribution in [3.05, 3.63) is 68.7 Å². The molecule has 8 nitrogen and oxygen atoms in total. The number of benzene rings is 2. The van der Waals surface area contributed by atoms with E-state index < -0.39 is 15.6 Å². The highest BCUT2D eigenvalue weighted by molar-refractivity contribution is 9.10. The first-order valence-corrected chi connectivity index (χ1v) is 13.2. The molecule has 0 saturated carbocycles. The molecule has 0 saturated heterocycles. The summed E-state index contributed by atoms with van der Waals surface area (Å²) in [5.74, 6) is -0.194. The predicted molar refractivity (Wildman–Crippen MR) is 134 cm³/mol. The summed E-state index contributed by atoms with van der Waals surface area (Å²) >= 11 is 15.8. The third-order valence-corrected chi connectivity index (χ3v) is 7.90. The SMILES string of the molecule is COCCNS(=O)(=O)c1cnc2n1[C@](C)(Cc1ccc(Br)cc1)C(=O)N2c1cc(Cl)cc(Cl)c1. The summed E-state index contributed by atoms with van der Waals surface area (Å²) in [7, 11) is -2.52. The van der Waals surface area contributed by atoms with Crippen molar-refractivity contribution in [2.24, 2.45) is 0 Å². The second kappa shape index (κ2) is 9.60. The maximum Gasteiger partial charge on any atom is 0.260 e. The van der Waals surface area contributed by atoms with E-state index >= 15 is 0 Å². The Kier molecular flexibility index (Phi) is 7.10. The number of methoxy groups -OCH3 is 1. The normalized spacial score (nSPS) is 17.9. The Morgan fingerprint density at radius 3 is 2.41 bits per heavy atom. The number of ether oxygens (including phenoxy) is 1. The fraction of sp³-hybridized carbons (Fsp3) is 0.273. The number of nitrogens with one attached hydrogen (secondary N) is 1. The van der Waals surface area contributed by atoms with Crippen molar-refractivity contribution in [3.63, 3.8) is 0 Å². The summed E-state index contributed by atoms with van der Waals surface area (Å²) in [6.45, 7) is 1.97. The van der Waals surface area contributed by atoms with Crippen LogP contribution in [0.3, 0.4) is 0 Å². The van der Waals surface area contributed by atoms with Gasteiger partial charge in [0.2, 0.25) is 5.95 Å². The minimum absolute atomic E-state index is 0.0737. The van der Waals surface area contributed by atoms with E-state index in [0.29, 0.717) is 15.7 Å². The van der Waals surface area contributed by atoms with Gasteiger partial charge < -0.3 is 4.74 Å². The van der Waals surface area contributed by atoms with Gasteiger partial charge in [-0.1, -0.05) is 51.3 Å². The minimum Gasteiger partial charge on any atom is -0.383 e. The highest BCUT2D eigenvalue weighted by Crippen LogP contribution is 2.44. The monoisotopic (exact) mass is 586 g/mol. The summed E-state index contributed by atoms with van der Waals surface area (Å²) in [5.41, 5.74) is -0.0506. The number of amides is 1. The standard InChI is InChI=1S/C22H21BrCl2N4O4S/c1-22(12-14-3-5-15(23)6-4-14)20(30)28(18-10-16(24)9-17(25)11-18)21-26-13-19(29(21)22)34(31,32)27-7-8-33-2/h3-6,9-11,13,27H,7-8,12H2,1-2H3/t22-/m1/s1. The quantitative estimate of drug-likeness (QED) is 0.391. The zero-order valence-electron chi connectivity index (χ0n) is 18.3. The van der Waals surface area contributed by atoms with Crippen LogP contribution in [0.15, 0.2) is 58.2 Å². The maximum atomic E-state index is 13.9. The molecule has 1 aromatic heterocycles. The van der Waals surface area contributed by atoms with E-state index in [0.717, 1.165) is 10.0 Å². The zero-order chi connectivity index (χ0) is 24.7. The molecular weight excluding hydrogens is 567 g/mol. The number of fused-ring (bicyclic) bond motifs is 1. The second-order valence-electron chi connectivity index (χ2n) is 7.97. The molecular formula is C22H21BrCl2N4O4S. The molecule has 1 N–H and O–H groups in total. The lowest BCUT2D eigenvalue weighted by atomic mass is 9.92. The molecule has 0 unspecified atom stereocenters. The van der Waals surface area contributed by atoms with Crippen LogP contribution in [0.4, 0.5) is 11.6 Å². The van der Waals surface area contributed by atoms with Crippen LogP contribution in [-0.2, 0) is 31.5 Å². The molecule has 12 heteroatoms. The van der Waals surface area contributed by atoms with E-state index in [1.54, 1.807) is 25.1 Å². The molecule has 1 atom stereocenters. The molecule has 1 amide bonds. The molecule has 0 radical (unpaired) electrons. The molecule has 4 rings (SSSR count). The van der Waals surface area contributed by atoms with E-state index in [9.17, 15) is 13.2 Å². The lowest BCUT2D eigenvalue weighted by Crippen LogP contribution is -2.42. The van der Waals surface area contributed by atoms with Gasteiger partial charge in [-0.2, -0.15) is 0 Å². The van der Waals surface area contributed by atoms with Crippen LogP contribution in [0.25, 0.3) is 0 Å². The van der Waals surface area contributed by atoms with Crippen molar-refractivity contribution < 1.29 is 17.9 Å². The Balaban J connectivity index is 1.87. The molecule has 0 fully saturated rings. The molecule has 2 aromatic carbocycles. The first kappa shape index (κ1) is 25.2. The number of rotatable bonds is 8. The van der Waals surface area contributed by atoms with Crippen molar-refractivity contribution in [3.8, 4) is 0 Å². The van der Waals surface area contributed by atoms with Gasteiger partial charge in [-0.05, 0) is 42.8 Å². The highest BCUT2D eigenvalue weighted by atomic mass is 79.9. The number of nitrogens with zero attached hydrogens (tertiary/aromatic N) is 3. The van der Waals surface area contributed by atoms with Gasteiger partial charge in [-0.3, -0.25) is 9.36 Å². The maximum absolute atomic E-state index is 13.9. The molecule has 34 heavy (non-hydrogen) atoms. The van der Waals surface area contributed by atoms with Crippen LogP contribution in [0, 0.1) is 0 Å². The number of anilines is 2. The second-order valence-corrected chi connectivity index (χ2v) is 11.5. The van der Waals surface area contributed by atoms with Gasteiger partial charge in [0.15, 0.2) is 5.03 Å². The molecule has 0 spiro atoms. The van der Waals surface area contributed by atoms with Gasteiger partial charge in [0, 0.05) is 34.6 Å². The first-order valence-electron chi connectivity index (χ1n) is 10.2. The lowest BCUT2D eigenvalue weighted by molar-refractivity contribution is -0.124. The summed E-state index contributed by atoms with van der Waals surface area (Å²) < 4.78 is 36.1. The average molecular weight is 588 g/mol. The van der Waals surface area contributed by atoms with Crippen molar-refractivity contribution >= 4 is 66.7 Å². The Hall–Kier alpha value is -1.95. The number of aromatic nitrogens is 2. The van der Waals surface area contributed by atoms with Crippen LogP contribution < -0.4 is 9.62 Å². The van der Waals surface area contributed by atoms with E-state index in [1.165, 1.54) is 22.8 Å².